The third-order valence-corrected chi connectivity index (χ3v) is 5.54. The summed E-state index contributed by atoms with van der Waals surface area (Å²) in [7, 11) is 2.28. The van der Waals surface area contributed by atoms with Crippen molar-refractivity contribution in [3.63, 3.8) is 0 Å². The smallest absolute Gasteiger partial charge is 0.0339 e. The second-order valence-corrected chi connectivity index (χ2v) is 6.71. The maximum atomic E-state index is 3.93. The molecule has 0 aromatic rings. The van der Waals surface area contributed by atoms with Crippen LogP contribution in [0.5, 0.6) is 0 Å². The van der Waals surface area contributed by atoms with Gasteiger partial charge in [-0.2, -0.15) is 0 Å². The number of hydrogen-bond acceptors (Lipinski definition) is 2. The van der Waals surface area contributed by atoms with Crippen molar-refractivity contribution in [3.8, 4) is 0 Å². The highest BCUT2D eigenvalue weighted by Gasteiger charge is 2.38. The van der Waals surface area contributed by atoms with Gasteiger partial charge in [0.2, 0.25) is 0 Å². The lowest BCUT2D eigenvalue weighted by Gasteiger charge is -2.40. The molecule has 0 aromatic carbocycles. The van der Waals surface area contributed by atoms with Gasteiger partial charge in [0, 0.05) is 30.7 Å². The second-order valence-electron chi connectivity index (χ2n) is 6.71. The lowest BCUT2D eigenvalue weighted by molar-refractivity contribution is 0.239. The number of likely N-dealkylation sites (N-methyl/N-ethyl adjacent to an activating group) is 1. The monoisotopic (exact) mass is 268 g/mol. The minimum absolute atomic E-state index is 0.668. The predicted octanol–water partition coefficient (Wildman–Crippen LogP) is 3.16. The summed E-state index contributed by atoms with van der Waals surface area (Å²) in [6.45, 7) is 6.23. The van der Waals surface area contributed by atoms with Crippen LogP contribution in [0.2, 0.25) is 0 Å². The van der Waals surface area contributed by atoms with Crippen LogP contribution in [0.3, 0.4) is 0 Å². The summed E-state index contributed by atoms with van der Waals surface area (Å²) in [5, 5.41) is 3.63. The minimum atomic E-state index is 0.668. The largest absolute Gasteiger partial charge is 0.384 e. The van der Waals surface area contributed by atoms with E-state index in [-0.39, 0.29) is 0 Å². The average molecular weight is 268 g/mol. The van der Waals surface area contributed by atoms with Crippen molar-refractivity contribution < 1.29 is 0 Å². The first-order chi connectivity index (χ1) is 9.78. The lowest BCUT2D eigenvalue weighted by atomic mass is 9.72. The zero-order valence-electron chi connectivity index (χ0n) is 12.4. The fourth-order valence-corrected chi connectivity index (χ4v) is 4.55. The first kappa shape index (κ1) is 12.5. The number of allylic oxidation sites excluding steroid dienone is 2. The molecule has 2 aliphatic heterocycles. The average Bonchev–Trinajstić information content (AvgIpc) is 2.86. The number of nitrogens with zero attached hydrogens (tertiary/aromatic N) is 1. The van der Waals surface area contributed by atoms with Gasteiger partial charge >= 0.3 is 0 Å². The van der Waals surface area contributed by atoms with Crippen molar-refractivity contribution in [2.75, 3.05) is 20.1 Å². The van der Waals surface area contributed by atoms with E-state index in [0.717, 1.165) is 25.4 Å². The van der Waals surface area contributed by atoms with Gasteiger partial charge in [-0.1, -0.05) is 17.7 Å². The highest BCUT2D eigenvalue weighted by molar-refractivity contribution is 5.56. The van der Waals surface area contributed by atoms with Gasteiger partial charge in [0.15, 0.2) is 0 Å². The molecular weight excluding hydrogens is 244 g/mol. The van der Waals surface area contributed by atoms with Gasteiger partial charge in [-0.25, -0.2) is 0 Å². The molecule has 20 heavy (non-hydrogen) atoms. The first-order valence-corrected chi connectivity index (χ1v) is 7.97. The Labute approximate surface area is 121 Å². The van der Waals surface area contributed by atoms with Gasteiger partial charge in [-0.05, 0) is 55.9 Å². The van der Waals surface area contributed by atoms with Crippen LogP contribution >= 0.6 is 0 Å². The summed E-state index contributed by atoms with van der Waals surface area (Å²) in [6.07, 6.45) is 10.6. The van der Waals surface area contributed by atoms with Crippen LogP contribution in [0.25, 0.3) is 0 Å². The van der Waals surface area contributed by atoms with E-state index in [0.29, 0.717) is 6.04 Å². The third-order valence-electron chi connectivity index (χ3n) is 5.54. The van der Waals surface area contributed by atoms with Crippen molar-refractivity contribution in [1.29, 1.82) is 0 Å². The molecule has 0 spiro atoms. The van der Waals surface area contributed by atoms with Crippen molar-refractivity contribution in [3.05, 3.63) is 46.7 Å². The molecule has 1 fully saturated rings. The topological polar surface area (TPSA) is 15.3 Å². The summed E-state index contributed by atoms with van der Waals surface area (Å²) >= 11 is 0. The van der Waals surface area contributed by atoms with E-state index in [1.165, 1.54) is 31.4 Å². The molecule has 2 heteroatoms. The van der Waals surface area contributed by atoms with E-state index in [2.05, 4.69) is 36.0 Å². The van der Waals surface area contributed by atoms with Crippen LogP contribution in [0.1, 0.15) is 32.1 Å². The Morgan fingerprint density at radius 3 is 3.15 bits per heavy atom. The van der Waals surface area contributed by atoms with Crippen molar-refractivity contribution >= 4 is 0 Å². The Hall–Kier alpha value is -1.28. The van der Waals surface area contributed by atoms with Crippen LogP contribution in [-0.4, -0.2) is 31.1 Å². The molecule has 0 radical (unpaired) electrons. The molecule has 0 amide bonds. The Balaban J connectivity index is 1.73. The second kappa shape index (κ2) is 4.63. The van der Waals surface area contributed by atoms with Crippen molar-refractivity contribution in [1.82, 2.24) is 10.2 Å². The van der Waals surface area contributed by atoms with Crippen LogP contribution in [0.15, 0.2) is 46.7 Å². The fourth-order valence-electron chi connectivity index (χ4n) is 4.55. The van der Waals surface area contributed by atoms with Gasteiger partial charge in [0.05, 0.1) is 0 Å². The predicted molar refractivity (Wildman–Crippen MR) is 83.3 cm³/mol. The summed E-state index contributed by atoms with van der Waals surface area (Å²) in [5.74, 6) is 0.753. The standard InChI is InChI=1S/C18H24N2/c1-3-5-14-9-12-8-13-10-19-17-7-4-6-15(18(13)17)16(12)11-20(14)2/h3,7,13-14,19H,1,4-6,8-11H2,2H3. The summed E-state index contributed by atoms with van der Waals surface area (Å²) in [4.78, 5) is 2.54. The molecular formula is C18H24N2. The van der Waals surface area contributed by atoms with E-state index in [1.54, 1.807) is 22.3 Å². The van der Waals surface area contributed by atoms with Gasteiger partial charge in [-0.3, -0.25) is 4.90 Å². The zero-order chi connectivity index (χ0) is 13.7. The van der Waals surface area contributed by atoms with E-state index >= 15 is 0 Å². The summed E-state index contributed by atoms with van der Waals surface area (Å²) < 4.78 is 0. The van der Waals surface area contributed by atoms with Gasteiger partial charge in [0.25, 0.3) is 0 Å². The minimum Gasteiger partial charge on any atom is -0.384 e. The molecule has 106 valence electrons. The quantitative estimate of drug-likeness (QED) is 0.774. The van der Waals surface area contributed by atoms with E-state index < -0.39 is 0 Å². The van der Waals surface area contributed by atoms with E-state index in [4.69, 9.17) is 0 Å². The highest BCUT2D eigenvalue weighted by Crippen LogP contribution is 2.47. The van der Waals surface area contributed by atoms with Crippen LogP contribution in [0.4, 0.5) is 0 Å². The Bertz CT molecular complexity index is 550. The first-order valence-electron chi connectivity index (χ1n) is 7.97. The van der Waals surface area contributed by atoms with Gasteiger partial charge in [0.1, 0.15) is 0 Å². The fraction of sp³-hybridized carbons (Fsp3) is 0.556. The molecule has 2 unspecified atom stereocenters. The summed E-state index contributed by atoms with van der Waals surface area (Å²) in [6, 6.07) is 0.668. The molecule has 0 aromatic heterocycles. The molecule has 2 atom stereocenters. The SMILES string of the molecule is C=CCC1CC2=C(CN1C)C1=C3C(=CCC1)NCC3C2. The Morgan fingerprint density at radius 2 is 2.30 bits per heavy atom. The number of nitrogens with one attached hydrogen (secondary N) is 1. The van der Waals surface area contributed by atoms with Gasteiger partial charge in [-0.15, -0.1) is 6.58 Å². The molecule has 2 heterocycles. The summed E-state index contributed by atoms with van der Waals surface area (Å²) in [5.41, 5.74) is 8.27. The molecule has 0 saturated carbocycles. The molecule has 0 bridgehead atoms. The van der Waals surface area contributed by atoms with Crippen molar-refractivity contribution in [2.24, 2.45) is 5.92 Å². The maximum absolute atomic E-state index is 3.93. The van der Waals surface area contributed by atoms with Crippen LogP contribution < -0.4 is 5.32 Å². The normalized spacial score (nSPS) is 32.5. The van der Waals surface area contributed by atoms with Crippen LogP contribution in [0, 0.1) is 5.92 Å². The zero-order valence-corrected chi connectivity index (χ0v) is 12.4. The van der Waals surface area contributed by atoms with Crippen LogP contribution in [-0.2, 0) is 0 Å². The molecule has 4 rings (SSSR count). The molecule has 4 aliphatic rings. The third kappa shape index (κ3) is 1.74. The molecule has 2 nitrogen and oxygen atoms in total. The van der Waals surface area contributed by atoms with E-state index in [9.17, 15) is 0 Å². The Morgan fingerprint density at radius 1 is 1.40 bits per heavy atom. The molecule has 1 saturated heterocycles. The lowest BCUT2D eigenvalue weighted by Crippen LogP contribution is -2.39. The Kier molecular flexibility index (Phi) is 2.88. The highest BCUT2D eigenvalue weighted by atomic mass is 15.1. The number of hydrogen-bond donors (Lipinski definition) is 1. The van der Waals surface area contributed by atoms with Gasteiger partial charge < -0.3 is 5.32 Å². The number of rotatable bonds is 2. The van der Waals surface area contributed by atoms with Crippen molar-refractivity contribution in [2.45, 2.75) is 38.1 Å². The molecule has 2 aliphatic carbocycles. The van der Waals surface area contributed by atoms with E-state index in [1.807, 2.05) is 0 Å². The molecule has 1 N–H and O–H groups in total. The maximum Gasteiger partial charge on any atom is 0.0339 e. The number of fused-ring (bicyclic) bond motifs is 1.